The lowest BCUT2D eigenvalue weighted by Crippen LogP contribution is -2.35. The molecule has 1 N–H and O–H groups in total. The molecule has 0 bridgehead atoms. The Kier molecular flexibility index (Phi) is 4.13. The van der Waals surface area contributed by atoms with Gasteiger partial charge in [-0.2, -0.15) is 0 Å². The van der Waals surface area contributed by atoms with Gasteiger partial charge in [-0.1, -0.05) is 30.3 Å². The average Bonchev–Trinajstić information content (AvgIpc) is 2.88. The third-order valence-electron chi connectivity index (χ3n) is 4.58. The van der Waals surface area contributed by atoms with Crippen molar-refractivity contribution in [1.29, 1.82) is 0 Å². The summed E-state index contributed by atoms with van der Waals surface area (Å²) in [6, 6.07) is 10.6. The first kappa shape index (κ1) is 15.3. The summed E-state index contributed by atoms with van der Waals surface area (Å²) >= 11 is 0. The third-order valence-corrected chi connectivity index (χ3v) is 4.58. The fourth-order valence-electron chi connectivity index (χ4n) is 3.53. The van der Waals surface area contributed by atoms with E-state index in [4.69, 9.17) is 4.74 Å². The van der Waals surface area contributed by atoms with Crippen LogP contribution in [0, 0.1) is 17.8 Å². The topological polar surface area (TPSA) is 41.6 Å². The minimum atomic E-state index is -0.421. The molecule has 1 saturated heterocycles. The molecule has 1 aromatic rings. The van der Waals surface area contributed by atoms with Crippen molar-refractivity contribution in [2.45, 2.75) is 32.9 Å². The van der Waals surface area contributed by atoms with Crippen LogP contribution in [0.25, 0.3) is 0 Å². The molecule has 3 rings (SSSR count). The number of likely N-dealkylation sites (tertiary alicyclic amines) is 1. The van der Waals surface area contributed by atoms with Crippen LogP contribution in [0.15, 0.2) is 30.3 Å². The number of piperidine rings is 1. The number of hydrogen-bond acceptors (Lipinski definition) is 3. The van der Waals surface area contributed by atoms with E-state index in [9.17, 15) is 4.79 Å². The lowest BCUT2D eigenvalue weighted by molar-refractivity contribution is 0.0522. The zero-order chi connectivity index (χ0) is 15.7. The normalized spacial score (nSPS) is 27.3. The molecule has 120 valence electrons. The van der Waals surface area contributed by atoms with E-state index in [-0.39, 0.29) is 6.09 Å². The van der Waals surface area contributed by atoms with Gasteiger partial charge in [0.05, 0.1) is 0 Å². The minimum absolute atomic E-state index is 0.293. The molecule has 1 aliphatic carbocycles. The maximum atomic E-state index is 11.7. The van der Waals surface area contributed by atoms with Crippen molar-refractivity contribution in [2.24, 2.45) is 17.8 Å². The number of nitrogens with zero attached hydrogens (tertiary/aromatic N) is 1. The van der Waals surface area contributed by atoms with Crippen molar-refractivity contribution >= 4 is 6.09 Å². The Balaban J connectivity index is 1.37. The summed E-state index contributed by atoms with van der Waals surface area (Å²) in [5.74, 6) is 2.14. The van der Waals surface area contributed by atoms with Gasteiger partial charge in [-0.05, 0) is 44.1 Å². The van der Waals surface area contributed by atoms with Gasteiger partial charge in [0.2, 0.25) is 0 Å². The van der Waals surface area contributed by atoms with Gasteiger partial charge in [0.15, 0.2) is 0 Å². The van der Waals surface area contributed by atoms with E-state index < -0.39 is 5.60 Å². The number of alkyl carbamates (subject to hydrolysis) is 1. The smallest absolute Gasteiger partial charge is 0.407 e. The van der Waals surface area contributed by atoms with Gasteiger partial charge in [0.1, 0.15) is 5.60 Å². The Morgan fingerprint density at radius 1 is 1.23 bits per heavy atom. The number of benzene rings is 1. The first-order valence-electron chi connectivity index (χ1n) is 8.15. The summed E-state index contributed by atoms with van der Waals surface area (Å²) in [6.07, 6.45) is -0.293. The van der Waals surface area contributed by atoms with Crippen LogP contribution in [-0.4, -0.2) is 36.2 Å². The molecule has 2 atom stereocenters. The van der Waals surface area contributed by atoms with Crippen molar-refractivity contribution in [3.63, 3.8) is 0 Å². The molecule has 2 unspecified atom stereocenters. The Hall–Kier alpha value is -1.55. The molecule has 1 aliphatic heterocycles. The zero-order valence-corrected chi connectivity index (χ0v) is 13.7. The lowest BCUT2D eigenvalue weighted by atomic mass is 10.2. The summed E-state index contributed by atoms with van der Waals surface area (Å²) in [5, 5.41) is 2.91. The van der Waals surface area contributed by atoms with E-state index in [0.717, 1.165) is 38.0 Å². The van der Waals surface area contributed by atoms with E-state index in [0.29, 0.717) is 5.92 Å². The average molecular weight is 302 g/mol. The highest BCUT2D eigenvalue weighted by Crippen LogP contribution is 2.51. The Bertz CT molecular complexity index is 512. The second kappa shape index (κ2) is 5.92. The summed E-state index contributed by atoms with van der Waals surface area (Å²) < 4.78 is 5.28. The molecule has 1 heterocycles. The van der Waals surface area contributed by atoms with Gasteiger partial charge in [0.25, 0.3) is 0 Å². The number of carbonyl (C=O) groups excluding carboxylic acids is 1. The number of ether oxygens (including phenoxy) is 1. The van der Waals surface area contributed by atoms with Crippen LogP contribution in [0.4, 0.5) is 4.79 Å². The zero-order valence-electron chi connectivity index (χ0n) is 13.7. The van der Waals surface area contributed by atoms with Crippen LogP contribution < -0.4 is 5.32 Å². The van der Waals surface area contributed by atoms with Crippen molar-refractivity contribution in [3.8, 4) is 0 Å². The fourth-order valence-corrected chi connectivity index (χ4v) is 3.53. The van der Waals surface area contributed by atoms with Crippen molar-refractivity contribution in [2.75, 3.05) is 19.6 Å². The molecule has 0 radical (unpaired) electrons. The fraction of sp³-hybridized carbons (Fsp3) is 0.611. The predicted molar refractivity (Wildman–Crippen MR) is 86.4 cm³/mol. The van der Waals surface area contributed by atoms with Gasteiger partial charge in [-0.25, -0.2) is 4.79 Å². The molecule has 1 amide bonds. The molecule has 4 heteroatoms. The molecule has 0 spiro atoms. The van der Waals surface area contributed by atoms with Crippen LogP contribution in [0.5, 0.6) is 0 Å². The van der Waals surface area contributed by atoms with Crippen LogP contribution >= 0.6 is 0 Å². The molecule has 22 heavy (non-hydrogen) atoms. The van der Waals surface area contributed by atoms with E-state index in [1.165, 1.54) is 5.56 Å². The Morgan fingerprint density at radius 2 is 1.86 bits per heavy atom. The number of fused-ring (bicyclic) bond motifs is 1. The van der Waals surface area contributed by atoms with Gasteiger partial charge >= 0.3 is 6.09 Å². The maximum absolute atomic E-state index is 11.7. The number of amides is 1. The minimum Gasteiger partial charge on any atom is -0.444 e. The second-order valence-electron chi connectivity index (χ2n) is 7.55. The molecule has 0 aromatic heterocycles. The van der Waals surface area contributed by atoms with E-state index in [2.05, 4.69) is 40.5 Å². The van der Waals surface area contributed by atoms with E-state index >= 15 is 0 Å². The summed E-state index contributed by atoms with van der Waals surface area (Å²) in [7, 11) is 0. The van der Waals surface area contributed by atoms with E-state index in [1.54, 1.807) is 0 Å². The van der Waals surface area contributed by atoms with Crippen LogP contribution in [0.1, 0.15) is 26.3 Å². The Morgan fingerprint density at radius 3 is 2.45 bits per heavy atom. The summed E-state index contributed by atoms with van der Waals surface area (Å²) in [5.41, 5.74) is 0.961. The van der Waals surface area contributed by atoms with Crippen LogP contribution in [-0.2, 0) is 11.3 Å². The Labute approximate surface area is 132 Å². The molecular formula is C18H26N2O2. The van der Waals surface area contributed by atoms with Crippen LogP contribution in [0.2, 0.25) is 0 Å². The van der Waals surface area contributed by atoms with E-state index in [1.807, 2.05) is 20.8 Å². The van der Waals surface area contributed by atoms with Crippen molar-refractivity contribution in [3.05, 3.63) is 35.9 Å². The summed E-state index contributed by atoms with van der Waals surface area (Å²) in [6.45, 7) is 9.77. The molecule has 2 fully saturated rings. The van der Waals surface area contributed by atoms with Gasteiger partial charge in [-0.3, -0.25) is 4.90 Å². The number of hydrogen-bond donors (Lipinski definition) is 1. The van der Waals surface area contributed by atoms with Crippen molar-refractivity contribution in [1.82, 2.24) is 10.2 Å². The standard InChI is InChI=1S/C18H26N2O2/c1-18(2,3)22-17(21)19-9-14-15-11-20(12-16(14)15)10-13-7-5-4-6-8-13/h4-8,14-16H,9-12H2,1-3H3,(H,19,21). The monoisotopic (exact) mass is 302 g/mol. The SMILES string of the molecule is CC(C)(C)OC(=O)NCC1C2CN(Cc3ccccc3)CC12. The number of carbonyl (C=O) groups is 1. The molecular weight excluding hydrogens is 276 g/mol. The summed E-state index contributed by atoms with van der Waals surface area (Å²) in [4.78, 5) is 14.2. The highest BCUT2D eigenvalue weighted by atomic mass is 16.6. The maximum Gasteiger partial charge on any atom is 0.407 e. The first-order chi connectivity index (χ1) is 10.4. The molecule has 1 aromatic carbocycles. The van der Waals surface area contributed by atoms with Gasteiger partial charge in [-0.15, -0.1) is 0 Å². The van der Waals surface area contributed by atoms with Gasteiger partial charge in [0, 0.05) is 26.2 Å². The largest absolute Gasteiger partial charge is 0.444 e. The molecule has 4 nitrogen and oxygen atoms in total. The predicted octanol–water partition coefficient (Wildman–Crippen LogP) is 2.89. The lowest BCUT2D eigenvalue weighted by Gasteiger charge is -2.21. The highest BCUT2D eigenvalue weighted by molar-refractivity contribution is 5.67. The number of nitrogens with one attached hydrogen (secondary N) is 1. The first-order valence-corrected chi connectivity index (χ1v) is 8.15. The quantitative estimate of drug-likeness (QED) is 0.930. The second-order valence-corrected chi connectivity index (χ2v) is 7.55. The molecule has 2 aliphatic rings. The number of rotatable bonds is 4. The van der Waals surface area contributed by atoms with Crippen LogP contribution in [0.3, 0.4) is 0 Å². The third kappa shape index (κ3) is 3.80. The van der Waals surface area contributed by atoms with Crippen molar-refractivity contribution < 1.29 is 9.53 Å². The molecule has 1 saturated carbocycles. The van der Waals surface area contributed by atoms with Gasteiger partial charge < -0.3 is 10.1 Å². The highest BCUT2D eigenvalue weighted by Gasteiger charge is 2.55.